The fourth-order valence-corrected chi connectivity index (χ4v) is 3.20. The van der Waals surface area contributed by atoms with E-state index in [4.69, 9.17) is 16.7 Å². The second-order valence-corrected chi connectivity index (χ2v) is 6.60. The SMILES string of the molecule is O=C(NCC1CCC(C(=O)O)CC1)c1cccc(Br)c1Cl. The first kappa shape index (κ1) is 16.3. The number of halogens is 2. The normalized spacial score (nSPS) is 21.8. The van der Waals surface area contributed by atoms with Crippen molar-refractivity contribution < 1.29 is 14.7 Å². The summed E-state index contributed by atoms with van der Waals surface area (Å²) < 4.78 is 0.693. The minimum atomic E-state index is -0.710. The van der Waals surface area contributed by atoms with E-state index in [-0.39, 0.29) is 11.8 Å². The highest BCUT2D eigenvalue weighted by atomic mass is 79.9. The molecule has 1 saturated carbocycles. The van der Waals surface area contributed by atoms with Crippen LogP contribution < -0.4 is 5.32 Å². The van der Waals surface area contributed by atoms with Crippen LogP contribution >= 0.6 is 27.5 Å². The molecule has 0 heterocycles. The third-order valence-corrected chi connectivity index (χ3v) is 5.24. The zero-order chi connectivity index (χ0) is 15.4. The van der Waals surface area contributed by atoms with Crippen LogP contribution in [0.15, 0.2) is 22.7 Å². The molecular weight excluding hydrogens is 358 g/mol. The largest absolute Gasteiger partial charge is 0.481 e. The molecule has 1 fully saturated rings. The Morgan fingerprint density at radius 3 is 2.57 bits per heavy atom. The van der Waals surface area contributed by atoms with Gasteiger partial charge in [0.25, 0.3) is 5.91 Å². The molecule has 0 saturated heterocycles. The predicted molar refractivity (Wildman–Crippen MR) is 84.6 cm³/mol. The molecule has 0 aromatic heterocycles. The van der Waals surface area contributed by atoms with E-state index in [0.29, 0.717) is 40.4 Å². The Hall–Kier alpha value is -1.07. The summed E-state index contributed by atoms with van der Waals surface area (Å²) in [5.41, 5.74) is 0.449. The highest BCUT2D eigenvalue weighted by Gasteiger charge is 2.26. The molecule has 0 atom stereocenters. The first-order valence-electron chi connectivity index (χ1n) is 6.94. The number of aliphatic carboxylic acids is 1. The van der Waals surface area contributed by atoms with Crippen molar-refractivity contribution in [2.24, 2.45) is 11.8 Å². The molecule has 6 heteroatoms. The van der Waals surface area contributed by atoms with E-state index in [1.807, 2.05) is 0 Å². The minimum Gasteiger partial charge on any atom is -0.481 e. The first-order valence-corrected chi connectivity index (χ1v) is 8.11. The Morgan fingerprint density at radius 2 is 1.95 bits per heavy atom. The van der Waals surface area contributed by atoms with Crippen LogP contribution in [0.3, 0.4) is 0 Å². The summed E-state index contributed by atoms with van der Waals surface area (Å²) in [5.74, 6) is -0.785. The van der Waals surface area contributed by atoms with Crippen molar-refractivity contribution >= 4 is 39.4 Å². The van der Waals surface area contributed by atoms with Gasteiger partial charge in [0.05, 0.1) is 16.5 Å². The highest BCUT2D eigenvalue weighted by Crippen LogP contribution is 2.29. The maximum absolute atomic E-state index is 12.1. The van der Waals surface area contributed by atoms with Gasteiger partial charge in [-0.2, -0.15) is 0 Å². The van der Waals surface area contributed by atoms with Crippen LogP contribution in [0.1, 0.15) is 36.0 Å². The van der Waals surface area contributed by atoms with Crippen molar-refractivity contribution in [2.75, 3.05) is 6.54 Å². The molecule has 4 nitrogen and oxygen atoms in total. The van der Waals surface area contributed by atoms with Gasteiger partial charge in [-0.3, -0.25) is 9.59 Å². The topological polar surface area (TPSA) is 66.4 Å². The van der Waals surface area contributed by atoms with Gasteiger partial charge >= 0.3 is 5.97 Å². The average molecular weight is 375 g/mol. The zero-order valence-electron chi connectivity index (χ0n) is 11.4. The summed E-state index contributed by atoms with van der Waals surface area (Å²) in [6.45, 7) is 0.564. The van der Waals surface area contributed by atoms with E-state index in [0.717, 1.165) is 12.8 Å². The Bertz CT molecular complexity index is 542. The zero-order valence-corrected chi connectivity index (χ0v) is 13.8. The molecule has 1 aliphatic carbocycles. The van der Waals surface area contributed by atoms with Crippen molar-refractivity contribution in [3.63, 3.8) is 0 Å². The molecule has 114 valence electrons. The average Bonchev–Trinajstić information content (AvgIpc) is 2.48. The number of rotatable bonds is 4. The van der Waals surface area contributed by atoms with Gasteiger partial charge < -0.3 is 10.4 Å². The number of benzene rings is 1. The molecule has 2 N–H and O–H groups in total. The van der Waals surface area contributed by atoms with Gasteiger partial charge in [0.2, 0.25) is 0 Å². The highest BCUT2D eigenvalue weighted by molar-refractivity contribution is 9.10. The first-order chi connectivity index (χ1) is 9.99. The van der Waals surface area contributed by atoms with Crippen LogP contribution in [0.4, 0.5) is 0 Å². The van der Waals surface area contributed by atoms with Crippen molar-refractivity contribution in [2.45, 2.75) is 25.7 Å². The van der Waals surface area contributed by atoms with Gasteiger partial charge in [0.15, 0.2) is 0 Å². The van der Waals surface area contributed by atoms with Crippen LogP contribution in [0.5, 0.6) is 0 Å². The van der Waals surface area contributed by atoms with Gasteiger partial charge in [0, 0.05) is 11.0 Å². The molecule has 0 bridgehead atoms. The lowest BCUT2D eigenvalue weighted by Crippen LogP contribution is -2.32. The molecular formula is C15H17BrClNO3. The Kier molecular flexibility index (Phi) is 5.65. The van der Waals surface area contributed by atoms with Gasteiger partial charge in [-0.25, -0.2) is 0 Å². The summed E-state index contributed by atoms with van der Waals surface area (Å²) in [4.78, 5) is 23.0. The van der Waals surface area contributed by atoms with Crippen molar-refractivity contribution in [3.05, 3.63) is 33.3 Å². The number of nitrogens with one attached hydrogen (secondary N) is 1. The summed E-state index contributed by atoms with van der Waals surface area (Å²) in [6, 6.07) is 5.24. The lowest BCUT2D eigenvalue weighted by molar-refractivity contribution is -0.143. The van der Waals surface area contributed by atoms with Crippen molar-refractivity contribution in [1.29, 1.82) is 0 Å². The number of amides is 1. The van der Waals surface area contributed by atoms with Gasteiger partial charge in [-0.15, -0.1) is 0 Å². The molecule has 1 aliphatic rings. The van der Waals surface area contributed by atoms with E-state index < -0.39 is 5.97 Å². The fourth-order valence-electron chi connectivity index (χ4n) is 2.62. The Labute approximate surface area is 137 Å². The van der Waals surface area contributed by atoms with Crippen molar-refractivity contribution in [3.8, 4) is 0 Å². The van der Waals surface area contributed by atoms with E-state index >= 15 is 0 Å². The van der Waals surface area contributed by atoms with E-state index in [1.165, 1.54) is 0 Å². The summed E-state index contributed by atoms with van der Waals surface area (Å²) in [5, 5.41) is 12.3. The Morgan fingerprint density at radius 1 is 1.29 bits per heavy atom. The number of hydrogen-bond donors (Lipinski definition) is 2. The van der Waals surface area contributed by atoms with Crippen LogP contribution in [-0.4, -0.2) is 23.5 Å². The smallest absolute Gasteiger partial charge is 0.306 e. The second kappa shape index (κ2) is 7.27. The monoisotopic (exact) mass is 373 g/mol. The summed E-state index contributed by atoms with van der Waals surface area (Å²) in [6.07, 6.45) is 3.05. The number of carbonyl (C=O) groups is 2. The van der Waals surface area contributed by atoms with Gasteiger partial charge in [0.1, 0.15) is 0 Å². The molecule has 0 spiro atoms. The van der Waals surface area contributed by atoms with E-state index in [9.17, 15) is 9.59 Å². The van der Waals surface area contributed by atoms with E-state index in [1.54, 1.807) is 18.2 Å². The molecule has 0 unspecified atom stereocenters. The summed E-state index contributed by atoms with van der Waals surface area (Å²) in [7, 11) is 0. The summed E-state index contributed by atoms with van der Waals surface area (Å²) >= 11 is 9.39. The van der Waals surface area contributed by atoms with Gasteiger partial charge in [-0.1, -0.05) is 17.7 Å². The molecule has 0 aliphatic heterocycles. The van der Waals surface area contributed by atoms with Crippen LogP contribution in [0, 0.1) is 11.8 Å². The fraction of sp³-hybridized carbons (Fsp3) is 0.467. The van der Waals surface area contributed by atoms with E-state index in [2.05, 4.69) is 21.2 Å². The maximum atomic E-state index is 12.1. The number of carbonyl (C=O) groups excluding carboxylic acids is 1. The second-order valence-electron chi connectivity index (χ2n) is 5.37. The number of carboxylic acids is 1. The predicted octanol–water partition coefficient (Wildman–Crippen LogP) is 3.72. The number of carboxylic acid groups (broad SMARTS) is 1. The van der Waals surface area contributed by atoms with Crippen LogP contribution in [-0.2, 0) is 4.79 Å². The standard InChI is InChI=1S/C15H17BrClNO3/c16-12-3-1-2-11(13(12)17)14(19)18-8-9-4-6-10(7-5-9)15(20)21/h1-3,9-10H,4-8H2,(H,18,19)(H,20,21). The number of hydrogen-bond acceptors (Lipinski definition) is 2. The third-order valence-electron chi connectivity index (χ3n) is 3.94. The maximum Gasteiger partial charge on any atom is 0.306 e. The third kappa shape index (κ3) is 4.20. The molecule has 0 radical (unpaired) electrons. The lowest BCUT2D eigenvalue weighted by Gasteiger charge is -2.26. The lowest BCUT2D eigenvalue weighted by atomic mass is 9.82. The van der Waals surface area contributed by atoms with Gasteiger partial charge in [-0.05, 0) is 59.7 Å². The molecule has 2 rings (SSSR count). The molecule has 1 aromatic rings. The van der Waals surface area contributed by atoms with Crippen molar-refractivity contribution in [1.82, 2.24) is 5.32 Å². The van der Waals surface area contributed by atoms with Crippen LogP contribution in [0.2, 0.25) is 5.02 Å². The Balaban J connectivity index is 1.85. The molecule has 1 amide bonds. The molecule has 21 heavy (non-hydrogen) atoms. The molecule has 1 aromatic carbocycles. The quantitative estimate of drug-likeness (QED) is 0.844. The minimum absolute atomic E-state index is 0.193. The van der Waals surface area contributed by atoms with Crippen LogP contribution in [0.25, 0.3) is 0 Å².